The Morgan fingerprint density at radius 1 is 0.935 bits per heavy atom. The molecule has 0 aliphatic heterocycles. The van der Waals surface area contributed by atoms with E-state index in [9.17, 15) is 4.79 Å². The molecule has 31 heavy (non-hydrogen) atoms. The van der Waals surface area contributed by atoms with Gasteiger partial charge in [-0.05, 0) is 40.4 Å². The molecule has 0 spiro atoms. The van der Waals surface area contributed by atoms with Gasteiger partial charge in [-0.3, -0.25) is 0 Å². The zero-order chi connectivity index (χ0) is 22.5. The van der Waals surface area contributed by atoms with Crippen LogP contribution in [0.4, 0.5) is 4.79 Å². The van der Waals surface area contributed by atoms with Gasteiger partial charge >= 0.3 is 6.09 Å². The van der Waals surface area contributed by atoms with Crippen LogP contribution >= 0.6 is 0 Å². The van der Waals surface area contributed by atoms with Gasteiger partial charge in [0.15, 0.2) is 8.32 Å². The molecular formula is C25H35NO4Si. The van der Waals surface area contributed by atoms with Crippen molar-refractivity contribution in [1.82, 2.24) is 5.32 Å². The maximum atomic E-state index is 12.1. The molecule has 0 radical (unpaired) electrons. The highest BCUT2D eigenvalue weighted by molar-refractivity contribution is 6.74. The van der Waals surface area contributed by atoms with Gasteiger partial charge in [0, 0.05) is 12.5 Å². The third kappa shape index (κ3) is 5.76. The van der Waals surface area contributed by atoms with Crippen molar-refractivity contribution < 1.29 is 18.7 Å². The molecule has 168 valence electrons. The van der Waals surface area contributed by atoms with Crippen LogP contribution in [0, 0.1) is 0 Å². The number of amides is 1. The molecule has 0 saturated carbocycles. The van der Waals surface area contributed by atoms with Crippen molar-refractivity contribution in [3.63, 3.8) is 0 Å². The van der Waals surface area contributed by atoms with Crippen LogP contribution in [0.5, 0.6) is 0 Å². The number of alkyl carbamates (subject to hydrolysis) is 1. The predicted octanol–water partition coefficient (Wildman–Crippen LogP) is 5.56. The summed E-state index contributed by atoms with van der Waals surface area (Å²) >= 11 is 0. The highest BCUT2D eigenvalue weighted by Gasteiger charge is 2.36. The third-order valence-corrected chi connectivity index (χ3v) is 10.9. The first-order valence-corrected chi connectivity index (χ1v) is 13.9. The van der Waals surface area contributed by atoms with Crippen LogP contribution in [0.3, 0.4) is 0 Å². The standard InChI is InChI=1S/C25H35NO4Si/c1-25(2,3)31(4,5)30-17-16-28-15-14-26-24(27)29-18-23-21-12-8-6-10-19(21)20-11-7-9-13-22(20)23/h6-13,23H,14-18H2,1-5H3,(H,26,27). The summed E-state index contributed by atoms with van der Waals surface area (Å²) < 4.78 is 17.2. The SMILES string of the molecule is CC(C)(C)[Si](C)(C)OCCOCCNC(=O)OCC1c2ccccc2-c2ccccc21. The number of hydrogen-bond acceptors (Lipinski definition) is 4. The van der Waals surface area contributed by atoms with Crippen LogP contribution in [0.15, 0.2) is 48.5 Å². The minimum atomic E-state index is -1.74. The number of hydrogen-bond donors (Lipinski definition) is 1. The van der Waals surface area contributed by atoms with Crippen LogP contribution in [0.25, 0.3) is 11.1 Å². The Kier molecular flexibility index (Phi) is 7.57. The molecule has 5 nitrogen and oxygen atoms in total. The minimum Gasteiger partial charge on any atom is -0.449 e. The fourth-order valence-corrected chi connectivity index (χ4v) is 4.58. The van der Waals surface area contributed by atoms with Crippen molar-refractivity contribution in [3.8, 4) is 11.1 Å². The number of rotatable bonds is 9. The van der Waals surface area contributed by atoms with E-state index in [1.807, 2.05) is 24.3 Å². The van der Waals surface area contributed by atoms with E-state index < -0.39 is 14.4 Å². The highest BCUT2D eigenvalue weighted by atomic mass is 28.4. The summed E-state index contributed by atoms with van der Waals surface area (Å²) in [6, 6.07) is 16.6. The van der Waals surface area contributed by atoms with Crippen molar-refractivity contribution >= 4 is 14.4 Å². The van der Waals surface area contributed by atoms with Crippen LogP contribution in [-0.4, -0.2) is 47.4 Å². The number of carbonyl (C=O) groups excluding carboxylic acids is 1. The fraction of sp³-hybridized carbons (Fsp3) is 0.480. The molecule has 1 amide bonds. The molecule has 0 saturated heterocycles. The maximum Gasteiger partial charge on any atom is 0.407 e. The summed E-state index contributed by atoms with van der Waals surface area (Å²) in [6.07, 6.45) is -0.414. The lowest BCUT2D eigenvalue weighted by atomic mass is 9.98. The van der Waals surface area contributed by atoms with E-state index in [-0.39, 0.29) is 11.0 Å². The molecule has 0 heterocycles. The monoisotopic (exact) mass is 441 g/mol. The lowest BCUT2D eigenvalue weighted by molar-refractivity contribution is 0.0932. The second-order valence-electron chi connectivity index (χ2n) is 9.47. The van der Waals surface area contributed by atoms with Crippen LogP contribution in [-0.2, 0) is 13.9 Å². The quantitative estimate of drug-likeness (QED) is 0.409. The van der Waals surface area contributed by atoms with Gasteiger partial charge in [0.2, 0.25) is 0 Å². The van der Waals surface area contributed by atoms with Crippen molar-refractivity contribution in [3.05, 3.63) is 59.7 Å². The zero-order valence-electron chi connectivity index (χ0n) is 19.4. The summed E-state index contributed by atoms with van der Waals surface area (Å²) in [6.45, 7) is 13.4. The lowest BCUT2D eigenvalue weighted by Gasteiger charge is -2.36. The smallest absolute Gasteiger partial charge is 0.407 e. The van der Waals surface area contributed by atoms with E-state index in [1.165, 1.54) is 22.3 Å². The molecule has 3 rings (SSSR count). The van der Waals surface area contributed by atoms with Crippen molar-refractivity contribution in [2.45, 2.75) is 44.8 Å². The van der Waals surface area contributed by atoms with Gasteiger partial charge in [-0.2, -0.15) is 0 Å². The summed E-state index contributed by atoms with van der Waals surface area (Å²) in [5.74, 6) is 0.0712. The number of nitrogens with one attached hydrogen (secondary N) is 1. The molecule has 0 unspecified atom stereocenters. The molecule has 1 N–H and O–H groups in total. The maximum absolute atomic E-state index is 12.1. The summed E-state index contributed by atoms with van der Waals surface area (Å²) in [5, 5.41) is 2.96. The van der Waals surface area contributed by atoms with E-state index in [0.717, 1.165) is 0 Å². The van der Waals surface area contributed by atoms with Gasteiger partial charge in [0.1, 0.15) is 6.61 Å². The number of carbonyl (C=O) groups is 1. The summed E-state index contributed by atoms with van der Waals surface area (Å²) in [5.41, 5.74) is 4.86. The molecule has 0 aromatic heterocycles. The predicted molar refractivity (Wildman–Crippen MR) is 127 cm³/mol. The first kappa shape index (κ1) is 23.5. The van der Waals surface area contributed by atoms with E-state index in [1.54, 1.807) is 0 Å². The average Bonchev–Trinajstić information content (AvgIpc) is 3.04. The van der Waals surface area contributed by atoms with Crippen molar-refractivity contribution in [2.75, 3.05) is 33.0 Å². The van der Waals surface area contributed by atoms with Gasteiger partial charge in [0.05, 0.1) is 19.8 Å². The number of benzene rings is 2. The molecule has 6 heteroatoms. The van der Waals surface area contributed by atoms with Gasteiger partial charge in [-0.15, -0.1) is 0 Å². The molecular weight excluding hydrogens is 406 g/mol. The van der Waals surface area contributed by atoms with Crippen molar-refractivity contribution in [2.24, 2.45) is 0 Å². The fourth-order valence-electron chi connectivity index (χ4n) is 3.55. The van der Waals surface area contributed by atoms with E-state index >= 15 is 0 Å². The third-order valence-electron chi connectivity index (χ3n) is 6.36. The van der Waals surface area contributed by atoms with Crippen LogP contribution in [0.1, 0.15) is 37.8 Å². The van der Waals surface area contributed by atoms with E-state index in [4.69, 9.17) is 13.9 Å². The number of ether oxygens (including phenoxy) is 2. The second-order valence-corrected chi connectivity index (χ2v) is 14.3. The van der Waals surface area contributed by atoms with Crippen molar-refractivity contribution in [1.29, 1.82) is 0 Å². The molecule has 2 aromatic carbocycles. The molecule has 0 atom stereocenters. The van der Waals surface area contributed by atoms with Gasteiger partial charge in [-0.1, -0.05) is 69.3 Å². The zero-order valence-corrected chi connectivity index (χ0v) is 20.4. The Bertz CT molecular complexity index is 846. The first-order chi connectivity index (χ1) is 14.7. The van der Waals surface area contributed by atoms with Gasteiger partial charge in [-0.25, -0.2) is 4.79 Å². The Labute approximate surface area is 187 Å². The molecule has 2 aromatic rings. The Morgan fingerprint density at radius 2 is 1.52 bits per heavy atom. The van der Waals surface area contributed by atoms with Gasteiger partial charge < -0.3 is 19.2 Å². The Balaban J connectivity index is 1.36. The normalized spacial score (nSPS) is 13.6. The van der Waals surface area contributed by atoms with E-state index in [2.05, 4.69) is 63.4 Å². The minimum absolute atomic E-state index is 0.0712. The lowest BCUT2D eigenvalue weighted by Crippen LogP contribution is -2.41. The largest absolute Gasteiger partial charge is 0.449 e. The van der Waals surface area contributed by atoms with E-state index in [0.29, 0.717) is 33.0 Å². The summed E-state index contributed by atoms with van der Waals surface area (Å²) in [7, 11) is -1.74. The van der Waals surface area contributed by atoms with Gasteiger partial charge in [0.25, 0.3) is 0 Å². The highest BCUT2D eigenvalue weighted by Crippen LogP contribution is 2.44. The van der Waals surface area contributed by atoms with Crippen LogP contribution in [0.2, 0.25) is 18.1 Å². The Morgan fingerprint density at radius 3 is 2.10 bits per heavy atom. The molecule has 1 aliphatic rings. The van der Waals surface area contributed by atoms with Crippen LogP contribution < -0.4 is 5.32 Å². The topological polar surface area (TPSA) is 56.8 Å². The average molecular weight is 442 g/mol. The summed E-state index contributed by atoms with van der Waals surface area (Å²) in [4.78, 5) is 12.1. The first-order valence-electron chi connectivity index (χ1n) is 11.0. The number of fused-ring (bicyclic) bond motifs is 3. The Hall–Kier alpha value is -2.15. The molecule has 1 aliphatic carbocycles. The molecule has 0 fully saturated rings. The molecule has 0 bridgehead atoms. The second kappa shape index (κ2) is 9.98.